The highest BCUT2D eigenvalue weighted by molar-refractivity contribution is 7.92. The molecule has 6 amide bonds. The molecule has 104 heavy (non-hydrogen) atoms. The molecule has 0 radical (unpaired) electrons. The Morgan fingerprint density at radius 2 is 0.865 bits per heavy atom. The number of ether oxygens (including phenoxy) is 4. The van der Waals surface area contributed by atoms with Crippen molar-refractivity contribution in [1.29, 1.82) is 0 Å². The smallest absolute Gasteiger partial charge is 0.411 e. The Hall–Kier alpha value is -7.62. The van der Waals surface area contributed by atoms with E-state index in [-0.39, 0.29) is 111 Å². The molecular weight excluding hydrogens is 1390 g/mol. The average molecular weight is 1490 g/mol. The lowest BCUT2D eigenvalue weighted by molar-refractivity contribution is -0.160. The third-order valence-corrected chi connectivity index (χ3v) is 26.3. The van der Waals surface area contributed by atoms with Crippen LogP contribution in [0.15, 0.2) is 72.8 Å². The number of allylic oxidation sites excluding steroid dienone is 4. The predicted molar refractivity (Wildman–Crippen MR) is 381 cm³/mol. The lowest BCUT2D eigenvalue weighted by Gasteiger charge is -2.32. The summed E-state index contributed by atoms with van der Waals surface area (Å²) in [6, 6.07) is 7.93. The molecule has 0 bridgehead atoms. The van der Waals surface area contributed by atoms with E-state index in [0.29, 0.717) is 51.4 Å². The number of carbonyl (C=O) groups is 10. The Morgan fingerprint density at radius 1 is 0.529 bits per heavy atom. The molecule has 4 N–H and O–H groups in total. The first-order valence-corrected chi connectivity index (χ1v) is 39.4. The highest BCUT2D eigenvalue weighted by Gasteiger charge is 2.65. The van der Waals surface area contributed by atoms with Crippen molar-refractivity contribution in [3.05, 3.63) is 84.5 Å². The van der Waals surface area contributed by atoms with E-state index in [1.165, 1.54) is 58.3 Å². The Balaban J connectivity index is 0.000000241. The number of hydrogen-bond donors (Lipinski definition) is 4. The van der Waals surface area contributed by atoms with Gasteiger partial charge in [0.15, 0.2) is 11.6 Å². The molecule has 4 aliphatic heterocycles. The highest BCUT2D eigenvalue weighted by Crippen LogP contribution is 2.59. The summed E-state index contributed by atoms with van der Waals surface area (Å²) < 4.78 is 104. The van der Waals surface area contributed by atoms with Crippen molar-refractivity contribution >= 4 is 90.7 Å². The molecule has 6 fully saturated rings. The maximum atomic E-state index is 14.6. The molecule has 2 aromatic rings. The molecule has 0 aromatic heterocycles. The first-order valence-electron chi connectivity index (χ1n) is 36.5. The van der Waals surface area contributed by atoms with Crippen LogP contribution in [0.25, 0.3) is 0 Å². The minimum absolute atomic E-state index is 0.0695. The maximum Gasteiger partial charge on any atom is 0.411 e. The van der Waals surface area contributed by atoms with E-state index in [2.05, 4.69) is 33.9 Å². The lowest BCUT2D eigenvalue weighted by Crippen LogP contribution is -2.48. The van der Waals surface area contributed by atoms with Crippen LogP contribution in [0, 0.1) is 69.8 Å². The molecule has 0 unspecified atom stereocenters. The fourth-order valence-electron chi connectivity index (χ4n) is 15.0. The van der Waals surface area contributed by atoms with E-state index in [9.17, 15) is 73.6 Å². The summed E-state index contributed by atoms with van der Waals surface area (Å²) in [6.45, 7) is 21.3. The van der Waals surface area contributed by atoms with Gasteiger partial charge in [-0.05, 0) is 216 Å². The van der Waals surface area contributed by atoms with Crippen LogP contribution in [0.2, 0.25) is 0 Å². The summed E-state index contributed by atoms with van der Waals surface area (Å²) in [5.74, 6) is -8.09. The second-order valence-corrected chi connectivity index (χ2v) is 37.6. The van der Waals surface area contributed by atoms with Gasteiger partial charge in [-0.25, -0.2) is 35.2 Å². The van der Waals surface area contributed by atoms with Gasteiger partial charge in [0.2, 0.25) is 43.7 Å². The molecule has 4 saturated carbocycles. The Labute approximate surface area is 609 Å². The van der Waals surface area contributed by atoms with Crippen LogP contribution in [-0.2, 0) is 77.4 Å². The Morgan fingerprint density at radius 3 is 1.18 bits per heavy atom. The first kappa shape index (κ1) is 80.5. The first-order chi connectivity index (χ1) is 48.4. The van der Waals surface area contributed by atoms with Crippen LogP contribution in [0.5, 0.6) is 0 Å². The van der Waals surface area contributed by atoms with E-state index < -0.39 is 159 Å². The summed E-state index contributed by atoms with van der Waals surface area (Å²) in [5, 5.41) is 5.06. The van der Waals surface area contributed by atoms with E-state index in [0.717, 1.165) is 12.8 Å². The van der Waals surface area contributed by atoms with Crippen molar-refractivity contribution in [2.24, 2.45) is 58.2 Å². The van der Waals surface area contributed by atoms with E-state index in [1.807, 2.05) is 38.2 Å². The molecule has 14 atom stereocenters. The number of amides is 6. The van der Waals surface area contributed by atoms with Crippen molar-refractivity contribution in [2.45, 2.75) is 244 Å². The van der Waals surface area contributed by atoms with Gasteiger partial charge < -0.3 is 28.7 Å². The van der Waals surface area contributed by atoms with Gasteiger partial charge in [-0.2, -0.15) is 0 Å². The molecule has 572 valence electrons. The zero-order valence-electron chi connectivity index (χ0n) is 61.8. The molecule has 2 saturated heterocycles. The zero-order chi connectivity index (χ0) is 76.5. The number of sulfonamides is 2. The molecule has 24 nitrogen and oxygen atoms in total. The van der Waals surface area contributed by atoms with Crippen LogP contribution < -0.4 is 20.1 Å². The van der Waals surface area contributed by atoms with Gasteiger partial charge in [0.05, 0.1) is 70.2 Å². The molecular formula is C76H104F2N6O18S2. The van der Waals surface area contributed by atoms with Crippen LogP contribution in [-0.4, -0.2) is 144 Å². The van der Waals surface area contributed by atoms with Gasteiger partial charge in [-0.1, -0.05) is 52.0 Å². The largest absolute Gasteiger partial charge is 0.460 e. The minimum Gasteiger partial charge on any atom is -0.460 e. The van der Waals surface area contributed by atoms with Crippen LogP contribution >= 0.6 is 0 Å². The number of halogens is 2. The van der Waals surface area contributed by atoms with Crippen molar-refractivity contribution in [3.63, 3.8) is 0 Å². The second-order valence-electron chi connectivity index (χ2n) is 33.2. The van der Waals surface area contributed by atoms with Gasteiger partial charge >= 0.3 is 24.1 Å². The number of nitrogens with one attached hydrogen (secondary N) is 4. The molecule has 4 aliphatic carbocycles. The van der Waals surface area contributed by atoms with Crippen LogP contribution in [0.4, 0.5) is 29.7 Å². The quantitative estimate of drug-likeness (QED) is 0.0775. The Bertz CT molecular complexity index is 3650. The SMILES string of the molecule is C[C@@H]1CC/C=C\[C@@H]2C[C@@]2(C(=O)NS(=O)(=O)C2(C)CC2)CC(=O)[C@@H]2C[C@@H](OC(=O)Nc3ccc(F)cc3)CN2C(=O)[C@@H](CC(=O)OC(C)(C)C)[C@H](C)C1.C[C@H]1CC/C=C\[C@@H]2C[C@@]2(C(=O)NS(=O)(=O)C2(C)CC2)CC(=O)[C@@H]2C[C@@H](OC(=O)Nc3ccc(F)cc3)CN2C(=O)[C@@H](CC(=O)OC(C)(C)C)[C@H](C)C1. The molecule has 28 heteroatoms. The summed E-state index contributed by atoms with van der Waals surface area (Å²) >= 11 is 0. The summed E-state index contributed by atoms with van der Waals surface area (Å²) in [4.78, 5) is 140. The average Bonchev–Trinajstić information content (AvgIpc) is 1.57. The molecule has 4 heterocycles. The summed E-state index contributed by atoms with van der Waals surface area (Å²) in [7, 11) is -7.96. The lowest BCUT2D eigenvalue weighted by atomic mass is 9.82. The van der Waals surface area contributed by atoms with Crippen molar-refractivity contribution in [1.82, 2.24) is 19.2 Å². The topological polar surface area (TPSA) is 330 Å². The number of esters is 2. The van der Waals surface area contributed by atoms with Crippen molar-refractivity contribution in [2.75, 3.05) is 23.7 Å². The standard InChI is InChI=1S/2C38H52FN3O9S/c2*1-23-9-7-8-10-25-20-38(25,34(46)41-52(48,49)37(6)15-16-37)21-31(43)30-18-28(50-35(47)40-27-13-11-26(39)12-14-27)22-42(30)33(45)29(24(2)17-23)19-32(44)51-36(3,4)5/h2*8,10-14,23-25,28-30H,7,9,15-22H2,1-6H3,(H,40,47)(H,41,46)/b2*10-8-/t23-,24+,25+,28+,29-,30-,38+;23-,24-,25-,28-,29+,30+,38-/m01/s1. The van der Waals surface area contributed by atoms with Gasteiger partial charge in [-0.3, -0.25) is 58.4 Å². The van der Waals surface area contributed by atoms with Crippen molar-refractivity contribution in [3.8, 4) is 0 Å². The number of hydrogen-bond acceptors (Lipinski definition) is 18. The monoisotopic (exact) mass is 1490 g/mol. The number of anilines is 2. The van der Waals surface area contributed by atoms with Gasteiger partial charge in [0.25, 0.3) is 0 Å². The molecule has 0 spiro atoms. The number of benzene rings is 2. The second kappa shape index (κ2) is 31.4. The van der Waals surface area contributed by atoms with E-state index >= 15 is 0 Å². The number of ketones is 2. The Kier molecular flexibility index (Phi) is 24.3. The normalized spacial score (nSPS) is 31.2. The number of nitrogens with zero attached hydrogens (tertiary/aromatic N) is 2. The summed E-state index contributed by atoms with van der Waals surface area (Å²) in [6.07, 6.45) is 9.31. The van der Waals surface area contributed by atoms with Crippen LogP contribution in [0.1, 0.15) is 199 Å². The van der Waals surface area contributed by atoms with E-state index in [1.54, 1.807) is 55.4 Å². The number of Topliss-reactive ketones (excluding diaryl/α,β-unsaturated/α-hetero) is 2. The highest BCUT2D eigenvalue weighted by atomic mass is 32.2. The fourth-order valence-corrected chi connectivity index (χ4v) is 17.6. The minimum atomic E-state index is -3.98. The third kappa shape index (κ3) is 20.1. The van der Waals surface area contributed by atoms with Gasteiger partial charge in [0, 0.05) is 37.1 Å². The number of carbonyl (C=O) groups excluding carboxylic acids is 10. The number of fused-ring (bicyclic) bond motifs is 4. The zero-order valence-corrected chi connectivity index (χ0v) is 63.4. The maximum absolute atomic E-state index is 14.6. The summed E-state index contributed by atoms with van der Waals surface area (Å²) in [5.41, 5.74) is -3.66. The third-order valence-electron chi connectivity index (χ3n) is 21.9. The molecule has 8 aliphatic rings. The van der Waals surface area contributed by atoms with E-state index in [4.69, 9.17) is 18.9 Å². The molecule has 10 rings (SSSR count). The predicted octanol–water partition coefficient (Wildman–Crippen LogP) is 11.3. The van der Waals surface area contributed by atoms with Gasteiger partial charge in [0.1, 0.15) is 35.0 Å². The van der Waals surface area contributed by atoms with Crippen molar-refractivity contribution < 1.29 is 92.5 Å². The number of rotatable bonds is 14. The van der Waals surface area contributed by atoms with Crippen LogP contribution in [0.3, 0.4) is 0 Å². The van der Waals surface area contributed by atoms with Gasteiger partial charge in [-0.15, -0.1) is 0 Å². The molecule has 2 aromatic carbocycles. The fraction of sp³-hybridized carbons (Fsp3) is 0.658.